The van der Waals surface area contributed by atoms with Crippen molar-refractivity contribution in [2.75, 3.05) is 4.90 Å². The predicted octanol–water partition coefficient (Wildman–Crippen LogP) is 15.1. The average Bonchev–Trinajstić information content (AvgIpc) is 3.84. The molecule has 9 aromatic carbocycles. The van der Waals surface area contributed by atoms with Crippen molar-refractivity contribution in [1.29, 1.82) is 0 Å². The molecule has 0 aliphatic rings. The highest BCUT2D eigenvalue weighted by Gasteiger charge is 2.19. The number of para-hydroxylation sites is 4. The van der Waals surface area contributed by atoms with Crippen LogP contribution in [-0.4, -0.2) is 0 Å². The lowest BCUT2D eigenvalue weighted by Crippen LogP contribution is -2.10. The third-order valence-corrected chi connectivity index (χ3v) is 10.9. The highest BCUT2D eigenvalue weighted by Crippen LogP contribution is 2.43. The topological polar surface area (TPSA) is 29.5 Å². The van der Waals surface area contributed by atoms with Crippen LogP contribution in [0.15, 0.2) is 209 Å². The molecule has 258 valence electrons. The van der Waals surface area contributed by atoms with Crippen LogP contribution in [0.3, 0.4) is 0 Å². The Bertz CT molecular complexity index is 3190. The molecule has 55 heavy (non-hydrogen) atoms. The van der Waals surface area contributed by atoms with Gasteiger partial charge < -0.3 is 13.7 Å². The van der Waals surface area contributed by atoms with Gasteiger partial charge in [0.1, 0.15) is 22.3 Å². The van der Waals surface area contributed by atoms with Crippen LogP contribution in [0, 0.1) is 0 Å². The molecule has 0 radical (unpaired) electrons. The molecular weight excluding hydrogens is 671 g/mol. The maximum Gasteiger partial charge on any atom is 0.143 e. The molecule has 0 spiro atoms. The number of benzene rings is 9. The van der Waals surface area contributed by atoms with Crippen molar-refractivity contribution in [3.63, 3.8) is 0 Å². The molecule has 0 unspecified atom stereocenters. The SMILES string of the molecule is c1ccc(-c2cc(N(c3ccccc3)c3ccc(-c4cccc5c4oc4ccccc45)cc3)ccc2-c2ccc3ccc4oc5ccccc5c4c3c2)cc1. The fourth-order valence-electron chi connectivity index (χ4n) is 8.28. The van der Waals surface area contributed by atoms with Crippen molar-refractivity contribution >= 4 is 71.7 Å². The van der Waals surface area contributed by atoms with Crippen LogP contribution in [0.4, 0.5) is 17.1 Å². The fraction of sp³-hybridized carbons (Fsp3) is 0. The Morgan fingerprint density at radius 3 is 1.75 bits per heavy atom. The van der Waals surface area contributed by atoms with Gasteiger partial charge in [0.25, 0.3) is 0 Å². The van der Waals surface area contributed by atoms with E-state index < -0.39 is 0 Å². The van der Waals surface area contributed by atoms with Crippen molar-refractivity contribution < 1.29 is 8.83 Å². The highest BCUT2D eigenvalue weighted by molar-refractivity contribution is 6.19. The number of furan rings is 2. The molecule has 0 saturated carbocycles. The Hall–Kier alpha value is -7.36. The van der Waals surface area contributed by atoms with E-state index in [-0.39, 0.29) is 0 Å². The van der Waals surface area contributed by atoms with E-state index in [9.17, 15) is 0 Å². The molecule has 2 aromatic heterocycles. The van der Waals surface area contributed by atoms with E-state index in [2.05, 4.69) is 181 Å². The second kappa shape index (κ2) is 12.6. The molecule has 2 heterocycles. The van der Waals surface area contributed by atoms with Gasteiger partial charge in [-0.1, -0.05) is 140 Å². The summed E-state index contributed by atoms with van der Waals surface area (Å²) < 4.78 is 12.7. The summed E-state index contributed by atoms with van der Waals surface area (Å²) in [5.74, 6) is 0. The van der Waals surface area contributed by atoms with E-state index in [0.29, 0.717) is 0 Å². The number of rotatable bonds is 6. The molecule has 0 amide bonds. The van der Waals surface area contributed by atoms with Crippen LogP contribution in [0.25, 0.3) is 88.0 Å². The molecule has 0 bridgehead atoms. The van der Waals surface area contributed by atoms with Gasteiger partial charge in [-0.25, -0.2) is 0 Å². The zero-order valence-corrected chi connectivity index (χ0v) is 29.8. The normalized spacial score (nSPS) is 11.6. The third-order valence-electron chi connectivity index (χ3n) is 10.9. The Morgan fingerprint density at radius 1 is 0.309 bits per heavy atom. The molecular formula is C52H33NO2. The molecule has 0 aliphatic heterocycles. The average molecular weight is 704 g/mol. The van der Waals surface area contributed by atoms with Crippen LogP contribution < -0.4 is 4.90 Å². The van der Waals surface area contributed by atoms with Crippen molar-refractivity contribution in [3.8, 4) is 33.4 Å². The summed E-state index contributed by atoms with van der Waals surface area (Å²) in [7, 11) is 0. The fourth-order valence-corrected chi connectivity index (χ4v) is 8.28. The minimum Gasteiger partial charge on any atom is -0.456 e. The van der Waals surface area contributed by atoms with Gasteiger partial charge in [0.05, 0.1) is 0 Å². The Balaban J connectivity index is 1.06. The van der Waals surface area contributed by atoms with Crippen LogP contribution in [0.2, 0.25) is 0 Å². The largest absolute Gasteiger partial charge is 0.456 e. The number of anilines is 3. The lowest BCUT2D eigenvalue weighted by atomic mass is 9.91. The monoisotopic (exact) mass is 703 g/mol. The first-order chi connectivity index (χ1) is 27.3. The first-order valence-corrected chi connectivity index (χ1v) is 18.7. The number of fused-ring (bicyclic) bond motifs is 8. The third kappa shape index (κ3) is 5.20. The first kappa shape index (κ1) is 31.2. The van der Waals surface area contributed by atoms with Gasteiger partial charge in [-0.3, -0.25) is 0 Å². The summed E-state index contributed by atoms with van der Waals surface area (Å²) in [4.78, 5) is 2.34. The Kier molecular flexibility index (Phi) is 7.17. The standard InChI is InChI=1S/C52H33NO2/c1-3-12-34(13-4-1)46-33-40(29-30-41(46)37-23-22-36-26-31-50-51(47(36)32-37)45-17-8-10-21-49(45)54-50)53(38-14-5-2-6-15-38)39-27-24-35(25-28-39)42-18-11-19-44-43-16-7-9-20-48(43)55-52(42)44/h1-33H. The minimum absolute atomic E-state index is 0.904. The van der Waals surface area contributed by atoms with Crippen molar-refractivity contribution in [3.05, 3.63) is 200 Å². The molecule has 0 fully saturated rings. The smallest absolute Gasteiger partial charge is 0.143 e. The quantitative estimate of drug-likeness (QED) is 0.173. The van der Waals surface area contributed by atoms with Gasteiger partial charge in [-0.05, 0) is 99.3 Å². The number of hydrogen-bond acceptors (Lipinski definition) is 3. The Labute approximate surface area is 317 Å². The molecule has 11 rings (SSSR count). The van der Waals surface area contributed by atoms with Crippen LogP contribution in [0.1, 0.15) is 0 Å². The van der Waals surface area contributed by atoms with Gasteiger partial charge in [0.2, 0.25) is 0 Å². The van der Waals surface area contributed by atoms with Crippen molar-refractivity contribution in [1.82, 2.24) is 0 Å². The lowest BCUT2D eigenvalue weighted by molar-refractivity contribution is 0.669. The highest BCUT2D eigenvalue weighted by atomic mass is 16.3. The maximum absolute atomic E-state index is 6.40. The van der Waals surface area contributed by atoms with Gasteiger partial charge in [-0.2, -0.15) is 0 Å². The minimum atomic E-state index is 0.904. The van der Waals surface area contributed by atoms with E-state index in [1.54, 1.807) is 0 Å². The maximum atomic E-state index is 6.40. The molecule has 3 heteroatoms. The summed E-state index contributed by atoms with van der Waals surface area (Å²) >= 11 is 0. The van der Waals surface area contributed by atoms with E-state index in [1.165, 1.54) is 16.3 Å². The van der Waals surface area contributed by atoms with Crippen LogP contribution >= 0.6 is 0 Å². The van der Waals surface area contributed by atoms with Crippen molar-refractivity contribution in [2.24, 2.45) is 0 Å². The van der Waals surface area contributed by atoms with Gasteiger partial charge in [-0.15, -0.1) is 0 Å². The molecule has 0 aliphatic carbocycles. The summed E-state index contributed by atoms with van der Waals surface area (Å²) in [5, 5.41) is 6.94. The Morgan fingerprint density at radius 2 is 0.927 bits per heavy atom. The van der Waals surface area contributed by atoms with E-state index >= 15 is 0 Å². The molecule has 3 nitrogen and oxygen atoms in total. The van der Waals surface area contributed by atoms with E-state index in [1.807, 2.05) is 24.3 Å². The van der Waals surface area contributed by atoms with E-state index in [4.69, 9.17) is 8.83 Å². The molecule has 0 N–H and O–H groups in total. The van der Waals surface area contributed by atoms with Crippen LogP contribution in [-0.2, 0) is 0 Å². The summed E-state index contributed by atoms with van der Waals surface area (Å²) in [6.45, 7) is 0. The van der Waals surface area contributed by atoms with Gasteiger partial charge >= 0.3 is 0 Å². The molecule has 0 saturated heterocycles. The summed E-state index contributed by atoms with van der Waals surface area (Å²) in [5.41, 5.74) is 13.7. The number of hydrogen-bond donors (Lipinski definition) is 0. The molecule has 0 atom stereocenters. The first-order valence-electron chi connectivity index (χ1n) is 18.7. The predicted molar refractivity (Wildman–Crippen MR) is 229 cm³/mol. The van der Waals surface area contributed by atoms with Crippen molar-refractivity contribution in [2.45, 2.75) is 0 Å². The molecule has 11 aromatic rings. The zero-order chi connectivity index (χ0) is 36.3. The number of nitrogens with zero attached hydrogens (tertiary/aromatic N) is 1. The second-order valence-corrected chi connectivity index (χ2v) is 14.1. The summed E-state index contributed by atoms with van der Waals surface area (Å²) in [6.07, 6.45) is 0. The zero-order valence-electron chi connectivity index (χ0n) is 29.8. The summed E-state index contributed by atoms with van der Waals surface area (Å²) in [6, 6.07) is 71.0. The van der Waals surface area contributed by atoms with Gasteiger partial charge in [0, 0.05) is 44.2 Å². The second-order valence-electron chi connectivity index (χ2n) is 14.1. The lowest BCUT2D eigenvalue weighted by Gasteiger charge is -2.27. The van der Waals surface area contributed by atoms with Crippen LogP contribution in [0.5, 0.6) is 0 Å². The van der Waals surface area contributed by atoms with E-state index in [0.717, 1.165) is 88.8 Å². The van der Waals surface area contributed by atoms with Gasteiger partial charge in [0.15, 0.2) is 0 Å².